The topological polar surface area (TPSA) is 50.4 Å². The minimum Gasteiger partial charge on any atom is -0.312 e. The summed E-state index contributed by atoms with van der Waals surface area (Å²) in [6.07, 6.45) is 9.34. The van der Waals surface area contributed by atoms with Crippen LogP contribution in [0.2, 0.25) is 0 Å². The van der Waals surface area contributed by atoms with Crippen molar-refractivity contribution in [3.63, 3.8) is 0 Å². The van der Waals surface area contributed by atoms with E-state index in [2.05, 4.69) is 17.3 Å². The molecule has 1 aliphatic carbocycles. The van der Waals surface area contributed by atoms with Crippen LogP contribution in [0.15, 0.2) is 4.99 Å². The number of nitrogens with two attached hydrogens (primary N) is 1. The molecule has 3 heteroatoms. The van der Waals surface area contributed by atoms with Gasteiger partial charge in [0.2, 0.25) is 0 Å². The van der Waals surface area contributed by atoms with Crippen molar-refractivity contribution < 1.29 is 0 Å². The van der Waals surface area contributed by atoms with Crippen molar-refractivity contribution in [2.24, 2.45) is 22.7 Å². The van der Waals surface area contributed by atoms with Crippen LogP contribution in [0.3, 0.4) is 0 Å². The van der Waals surface area contributed by atoms with Gasteiger partial charge in [0.15, 0.2) is 0 Å². The maximum absolute atomic E-state index is 5.45. The summed E-state index contributed by atoms with van der Waals surface area (Å²) < 4.78 is 0. The lowest BCUT2D eigenvalue weighted by atomic mass is 9.79. The molecule has 1 aliphatic rings. The molecule has 0 heterocycles. The molecule has 0 radical (unpaired) electrons. The quantitative estimate of drug-likeness (QED) is 0.325. The molecule has 88 valence electrons. The lowest BCUT2D eigenvalue weighted by Crippen LogP contribution is -2.37. The van der Waals surface area contributed by atoms with E-state index in [0.717, 1.165) is 11.8 Å². The highest BCUT2D eigenvalue weighted by Gasteiger charge is 2.23. The largest absolute Gasteiger partial charge is 0.312 e. The van der Waals surface area contributed by atoms with E-state index in [1.54, 1.807) is 0 Å². The Balaban J connectivity index is 2.29. The number of amidine groups is 1. The first kappa shape index (κ1) is 12.5. The Morgan fingerprint density at radius 3 is 2.47 bits per heavy atom. The molecular formula is C12H25N3. The number of nitrogens with one attached hydrogen (secondary N) is 1. The average molecular weight is 211 g/mol. The van der Waals surface area contributed by atoms with Gasteiger partial charge in [-0.3, -0.25) is 4.99 Å². The molecule has 15 heavy (non-hydrogen) atoms. The van der Waals surface area contributed by atoms with Crippen LogP contribution in [0.1, 0.15) is 51.9 Å². The van der Waals surface area contributed by atoms with E-state index < -0.39 is 0 Å². The van der Waals surface area contributed by atoms with E-state index in [4.69, 9.17) is 5.84 Å². The van der Waals surface area contributed by atoms with Crippen LogP contribution in [0.5, 0.6) is 0 Å². The average Bonchev–Trinajstić information content (AvgIpc) is 2.29. The van der Waals surface area contributed by atoms with Gasteiger partial charge in [-0.25, -0.2) is 5.84 Å². The summed E-state index contributed by atoms with van der Waals surface area (Å²) in [6.45, 7) is 2.27. The summed E-state index contributed by atoms with van der Waals surface area (Å²) >= 11 is 0. The maximum Gasteiger partial charge on any atom is 0.113 e. The molecule has 3 nitrogen and oxygen atoms in total. The minimum absolute atomic E-state index is 0.581. The predicted molar refractivity (Wildman–Crippen MR) is 65.7 cm³/mol. The third-order valence-electron chi connectivity index (χ3n) is 3.59. The zero-order valence-electron chi connectivity index (χ0n) is 10.1. The SMILES string of the molecule is CCCCC1CCC(C(=NC)NN)CC1. The number of hydrogen-bond donors (Lipinski definition) is 2. The van der Waals surface area contributed by atoms with E-state index in [0.29, 0.717) is 5.92 Å². The highest BCUT2D eigenvalue weighted by Crippen LogP contribution is 2.32. The summed E-state index contributed by atoms with van der Waals surface area (Å²) in [7, 11) is 1.82. The Morgan fingerprint density at radius 1 is 1.33 bits per heavy atom. The fourth-order valence-electron chi connectivity index (χ4n) is 2.58. The van der Waals surface area contributed by atoms with Gasteiger partial charge in [0.25, 0.3) is 0 Å². The number of nitrogens with zero attached hydrogens (tertiary/aromatic N) is 1. The van der Waals surface area contributed by atoms with Gasteiger partial charge in [0.05, 0.1) is 0 Å². The molecule has 0 atom stereocenters. The van der Waals surface area contributed by atoms with Crippen molar-refractivity contribution in [2.45, 2.75) is 51.9 Å². The van der Waals surface area contributed by atoms with Gasteiger partial charge in [-0.2, -0.15) is 0 Å². The monoisotopic (exact) mass is 211 g/mol. The minimum atomic E-state index is 0.581. The lowest BCUT2D eigenvalue weighted by molar-refractivity contribution is 0.298. The number of aliphatic imine (C=N–C) groups is 1. The van der Waals surface area contributed by atoms with Gasteiger partial charge < -0.3 is 5.43 Å². The summed E-state index contributed by atoms with van der Waals surface area (Å²) in [5, 5.41) is 0. The fourth-order valence-corrected chi connectivity index (χ4v) is 2.58. The van der Waals surface area contributed by atoms with Gasteiger partial charge in [0, 0.05) is 13.0 Å². The van der Waals surface area contributed by atoms with E-state index >= 15 is 0 Å². The van der Waals surface area contributed by atoms with Crippen LogP contribution in [-0.2, 0) is 0 Å². The standard InChI is InChI=1S/C12H25N3/c1-3-4-5-10-6-8-11(9-7-10)12(14-2)15-13/h10-11H,3-9,13H2,1-2H3,(H,14,15). The molecule has 0 spiro atoms. The van der Waals surface area contributed by atoms with Crippen LogP contribution in [-0.4, -0.2) is 12.9 Å². The fraction of sp³-hybridized carbons (Fsp3) is 0.917. The highest BCUT2D eigenvalue weighted by molar-refractivity contribution is 5.83. The Labute approximate surface area is 93.5 Å². The summed E-state index contributed by atoms with van der Waals surface area (Å²) in [6, 6.07) is 0. The number of hydrazine groups is 1. The molecule has 0 aromatic rings. The lowest BCUT2D eigenvalue weighted by Gasteiger charge is -2.28. The van der Waals surface area contributed by atoms with Crippen molar-refractivity contribution in [2.75, 3.05) is 7.05 Å². The van der Waals surface area contributed by atoms with E-state index in [1.807, 2.05) is 7.05 Å². The van der Waals surface area contributed by atoms with Gasteiger partial charge >= 0.3 is 0 Å². The van der Waals surface area contributed by atoms with Crippen LogP contribution in [0.4, 0.5) is 0 Å². The maximum atomic E-state index is 5.45. The Kier molecular flexibility index (Phi) is 5.69. The Morgan fingerprint density at radius 2 is 2.00 bits per heavy atom. The van der Waals surface area contributed by atoms with Crippen LogP contribution < -0.4 is 11.3 Å². The van der Waals surface area contributed by atoms with Crippen molar-refractivity contribution in [3.8, 4) is 0 Å². The number of rotatable bonds is 4. The van der Waals surface area contributed by atoms with Crippen molar-refractivity contribution in [3.05, 3.63) is 0 Å². The summed E-state index contributed by atoms with van der Waals surface area (Å²) in [4.78, 5) is 4.20. The van der Waals surface area contributed by atoms with E-state index in [1.165, 1.54) is 44.9 Å². The molecule has 0 amide bonds. The molecular weight excluding hydrogens is 186 g/mol. The summed E-state index contributed by atoms with van der Waals surface area (Å²) in [5.74, 6) is 7.97. The second-order valence-corrected chi connectivity index (χ2v) is 4.61. The first-order valence-corrected chi connectivity index (χ1v) is 6.25. The Hall–Kier alpha value is -0.570. The van der Waals surface area contributed by atoms with Crippen molar-refractivity contribution in [1.29, 1.82) is 0 Å². The van der Waals surface area contributed by atoms with Gasteiger partial charge in [0.1, 0.15) is 5.84 Å². The normalized spacial score (nSPS) is 27.8. The number of unbranched alkanes of at least 4 members (excludes halogenated alkanes) is 1. The van der Waals surface area contributed by atoms with Gasteiger partial charge in [-0.1, -0.05) is 26.2 Å². The van der Waals surface area contributed by atoms with Crippen LogP contribution in [0, 0.1) is 11.8 Å². The number of hydrogen-bond acceptors (Lipinski definition) is 2. The second-order valence-electron chi connectivity index (χ2n) is 4.61. The first-order chi connectivity index (χ1) is 7.31. The van der Waals surface area contributed by atoms with E-state index in [-0.39, 0.29) is 0 Å². The zero-order valence-corrected chi connectivity index (χ0v) is 10.1. The summed E-state index contributed by atoms with van der Waals surface area (Å²) in [5.41, 5.74) is 2.73. The molecule has 3 N–H and O–H groups in total. The molecule has 0 bridgehead atoms. The molecule has 0 saturated heterocycles. The van der Waals surface area contributed by atoms with Crippen LogP contribution >= 0.6 is 0 Å². The first-order valence-electron chi connectivity index (χ1n) is 6.25. The third kappa shape index (κ3) is 3.82. The predicted octanol–water partition coefficient (Wildman–Crippen LogP) is 2.47. The van der Waals surface area contributed by atoms with Gasteiger partial charge in [-0.05, 0) is 31.6 Å². The molecule has 1 fully saturated rings. The molecule has 1 rings (SSSR count). The van der Waals surface area contributed by atoms with Crippen molar-refractivity contribution >= 4 is 5.84 Å². The third-order valence-corrected chi connectivity index (χ3v) is 3.59. The highest BCUT2D eigenvalue weighted by atomic mass is 15.2. The molecule has 0 aliphatic heterocycles. The van der Waals surface area contributed by atoms with Gasteiger partial charge in [-0.15, -0.1) is 0 Å². The molecule has 0 aromatic carbocycles. The Bertz CT molecular complexity index is 193. The second kappa shape index (κ2) is 6.83. The van der Waals surface area contributed by atoms with Crippen molar-refractivity contribution in [1.82, 2.24) is 5.43 Å². The molecule has 0 unspecified atom stereocenters. The smallest absolute Gasteiger partial charge is 0.113 e. The van der Waals surface area contributed by atoms with Crippen LogP contribution in [0.25, 0.3) is 0 Å². The molecule has 1 saturated carbocycles. The zero-order chi connectivity index (χ0) is 11.1. The molecule has 0 aromatic heterocycles. The van der Waals surface area contributed by atoms with E-state index in [9.17, 15) is 0 Å².